The van der Waals surface area contributed by atoms with Crippen LogP contribution in [0.4, 0.5) is 0 Å². The molecule has 0 saturated carbocycles. The van der Waals surface area contributed by atoms with Crippen molar-refractivity contribution in [1.29, 1.82) is 0 Å². The number of hydrogen-bond acceptors (Lipinski definition) is 0. The molecule has 5 heteroatoms. The molecule has 0 bridgehead atoms. The van der Waals surface area contributed by atoms with Crippen LogP contribution in [0, 0.1) is 0 Å². The van der Waals surface area contributed by atoms with Crippen LogP contribution in [0.15, 0.2) is 82.8 Å². The molecule has 1 unspecified atom stereocenters. The number of hydrogen-bond donors (Lipinski definition) is 0. The van der Waals surface area contributed by atoms with Gasteiger partial charge >= 0.3 is 151 Å². The molecular formula is C21H29Cl2PSiTi. The Bertz CT molecular complexity index is 809. The first-order chi connectivity index (χ1) is 11.3. The summed E-state index contributed by atoms with van der Waals surface area (Å²) in [6.45, 7) is 8.18. The molecule has 2 aromatic carbocycles. The van der Waals surface area contributed by atoms with Gasteiger partial charge in [-0.05, 0) is 0 Å². The minimum atomic E-state index is -3.30. The van der Waals surface area contributed by atoms with Gasteiger partial charge in [0.2, 0.25) is 0 Å². The van der Waals surface area contributed by atoms with E-state index in [2.05, 4.69) is 107 Å². The Labute approximate surface area is 174 Å². The van der Waals surface area contributed by atoms with Crippen molar-refractivity contribution in [3.63, 3.8) is 0 Å². The van der Waals surface area contributed by atoms with Crippen molar-refractivity contribution in [2.75, 3.05) is 0 Å². The zero-order valence-electron chi connectivity index (χ0n) is 15.7. The number of rotatable bonds is 4. The summed E-state index contributed by atoms with van der Waals surface area (Å²) in [7, 11) is 2.37. The zero-order valence-corrected chi connectivity index (χ0v) is 21.3. The molecule has 0 spiro atoms. The molecule has 26 heavy (non-hydrogen) atoms. The normalized spacial score (nSPS) is 14.7. The van der Waals surface area contributed by atoms with Gasteiger partial charge in [-0.3, -0.25) is 0 Å². The zero-order chi connectivity index (χ0) is 17.3. The molecule has 0 N–H and O–H groups in total. The molecule has 0 heterocycles. The van der Waals surface area contributed by atoms with Crippen molar-refractivity contribution in [2.45, 2.75) is 32.3 Å². The second-order valence-electron chi connectivity index (χ2n) is 7.89. The first kappa shape index (κ1) is 23.9. The van der Waals surface area contributed by atoms with E-state index in [1.165, 1.54) is 0 Å². The van der Waals surface area contributed by atoms with E-state index >= 15 is 0 Å². The quantitative estimate of drug-likeness (QED) is 0.448. The van der Waals surface area contributed by atoms with Gasteiger partial charge in [0.05, 0.1) is 0 Å². The van der Waals surface area contributed by atoms with Crippen LogP contribution in [0.1, 0.15) is 27.2 Å². The summed E-state index contributed by atoms with van der Waals surface area (Å²) in [5.74, 6) is 0. The van der Waals surface area contributed by atoms with Gasteiger partial charge in [-0.15, -0.1) is 24.8 Å². The summed E-state index contributed by atoms with van der Waals surface area (Å²) in [6.07, 6.45) is 8.16. The molecule has 3 rings (SSSR count). The fourth-order valence-electron chi connectivity index (χ4n) is 4.06. The van der Waals surface area contributed by atoms with Crippen LogP contribution in [-0.2, 0) is 13.5 Å². The summed E-state index contributed by atoms with van der Waals surface area (Å²) >= 11 is -3.30. The topological polar surface area (TPSA) is 0 Å². The van der Waals surface area contributed by atoms with E-state index in [0.717, 1.165) is 13.0 Å². The Morgan fingerprint density at radius 2 is 1.31 bits per heavy atom. The first-order valence-electron chi connectivity index (χ1n) is 8.64. The maximum absolute atomic E-state index is 3.30. The Hall–Kier alpha value is -0.139. The van der Waals surface area contributed by atoms with Crippen LogP contribution in [0.5, 0.6) is 0 Å². The minimum Gasteiger partial charge on any atom is -0.147 e. The monoisotopic (exact) mass is 458 g/mol. The second-order valence-corrected chi connectivity index (χ2v) is 31.5. The van der Waals surface area contributed by atoms with Gasteiger partial charge in [0, 0.05) is 0 Å². The summed E-state index contributed by atoms with van der Waals surface area (Å²) in [5, 5.41) is 0.314. The van der Waals surface area contributed by atoms with Crippen molar-refractivity contribution >= 4 is 46.8 Å². The number of allylic oxidation sites excluding steroid dienone is 4. The van der Waals surface area contributed by atoms with E-state index in [4.69, 9.17) is 0 Å². The van der Waals surface area contributed by atoms with E-state index in [-0.39, 0.29) is 24.8 Å². The van der Waals surface area contributed by atoms with Crippen molar-refractivity contribution in [1.82, 2.24) is 0 Å². The van der Waals surface area contributed by atoms with Crippen molar-refractivity contribution < 1.29 is 13.5 Å². The van der Waals surface area contributed by atoms with Gasteiger partial charge in [-0.1, -0.05) is 0 Å². The number of benzene rings is 2. The van der Waals surface area contributed by atoms with Gasteiger partial charge in [0.1, 0.15) is 0 Å². The average molecular weight is 459 g/mol. The van der Waals surface area contributed by atoms with Crippen LogP contribution in [0.25, 0.3) is 0 Å². The standard InChI is InChI=1S/2C6H5.C5H5.C4H10P.2ClH.H2Si.Ti/c2*1-2-4-6-5-3-1;1-2-4-5-3-1;1-4(2,3)5;;;;/h2*1-5H;1-3H,4H2;5H,1-3H3;2*1H;1H2;/q;;;-1;;;;+1. The van der Waals surface area contributed by atoms with Crippen molar-refractivity contribution in [3.8, 4) is 0 Å². The van der Waals surface area contributed by atoms with E-state index < -0.39 is 13.5 Å². The molecule has 0 radical (unpaired) electrons. The van der Waals surface area contributed by atoms with Crippen LogP contribution in [-0.4, -0.2) is 12.8 Å². The van der Waals surface area contributed by atoms with Crippen molar-refractivity contribution in [3.05, 3.63) is 82.8 Å². The molecular weight excluding hydrogens is 430 g/mol. The van der Waals surface area contributed by atoms with Crippen LogP contribution < -0.4 is 7.74 Å². The SMILES string of the molecule is CC(C)(C)[PH][Ti](=[SiH2])([C]1=CC=CC1)([c]1ccccc1)[c]1ccccc1.Cl.Cl. The van der Waals surface area contributed by atoms with E-state index in [1.54, 1.807) is 11.6 Å². The predicted molar refractivity (Wildman–Crippen MR) is 125 cm³/mol. The van der Waals surface area contributed by atoms with E-state index in [0.29, 0.717) is 5.16 Å². The molecule has 0 nitrogen and oxygen atoms in total. The molecule has 1 aliphatic rings. The molecule has 0 saturated heterocycles. The molecule has 0 aromatic heterocycles. The maximum Gasteiger partial charge on any atom is -0.147 e. The smallest absolute Gasteiger partial charge is 0.147 e. The molecule has 1 atom stereocenters. The predicted octanol–water partition coefficient (Wildman–Crippen LogP) is 4.95. The fourth-order valence-corrected chi connectivity index (χ4v) is 33.9. The second kappa shape index (κ2) is 8.91. The Balaban J connectivity index is 0.00000169. The Kier molecular flexibility index (Phi) is 8.19. The molecule has 0 fully saturated rings. The fraction of sp³-hybridized carbons (Fsp3) is 0.238. The molecule has 0 amide bonds. The van der Waals surface area contributed by atoms with Crippen molar-refractivity contribution in [2.24, 2.45) is 0 Å². The molecule has 1 aliphatic carbocycles. The molecule has 0 aliphatic heterocycles. The average Bonchev–Trinajstić information content (AvgIpc) is 3.11. The third-order valence-electron chi connectivity index (χ3n) is 4.95. The van der Waals surface area contributed by atoms with Gasteiger partial charge in [-0.25, -0.2) is 0 Å². The Morgan fingerprint density at radius 1 is 0.846 bits per heavy atom. The summed E-state index contributed by atoms with van der Waals surface area (Å²) in [5.41, 5.74) is 0. The summed E-state index contributed by atoms with van der Waals surface area (Å²) in [6, 6.07) is 22.8. The van der Waals surface area contributed by atoms with Crippen LogP contribution in [0.2, 0.25) is 0 Å². The third-order valence-corrected chi connectivity index (χ3v) is 31.3. The Morgan fingerprint density at radius 3 is 1.65 bits per heavy atom. The van der Waals surface area contributed by atoms with E-state index in [9.17, 15) is 0 Å². The van der Waals surface area contributed by atoms with Gasteiger partial charge in [-0.2, -0.15) is 0 Å². The first-order valence-corrected chi connectivity index (χ1v) is 18.3. The number of halogens is 2. The molecule has 2 aromatic rings. The minimum absolute atomic E-state index is 0. The molecule has 140 valence electrons. The maximum atomic E-state index is 2.43. The van der Waals surface area contributed by atoms with Gasteiger partial charge < -0.3 is 0 Å². The summed E-state index contributed by atoms with van der Waals surface area (Å²) in [4.78, 5) is 0. The largest absolute Gasteiger partial charge is 0.147 e. The van der Waals surface area contributed by atoms with Gasteiger partial charge in [0.25, 0.3) is 0 Å². The van der Waals surface area contributed by atoms with Crippen LogP contribution in [0.3, 0.4) is 0 Å². The van der Waals surface area contributed by atoms with Crippen LogP contribution >= 0.6 is 31.4 Å². The van der Waals surface area contributed by atoms with E-state index in [1.807, 2.05) is 0 Å². The third kappa shape index (κ3) is 4.30. The van der Waals surface area contributed by atoms with Gasteiger partial charge in [0.15, 0.2) is 0 Å². The summed E-state index contributed by atoms with van der Waals surface area (Å²) < 4.78 is 4.90.